The first-order valence-corrected chi connectivity index (χ1v) is 9.14. The molecule has 4 rings (SSSR count). The van der Waals surface area contributed by atoms with E-state index in [1.54, 1.807) is 35.1 Å². The third kappa shape index (κ3) is 2.74. The van der Waals surface area contributed by atoms with E-state index in [1.807, 2.05) is 29.1 Å². The van der Waals surface area contributed by atoms with Gasteiger partial charge in [0.15, 0.2) is 0 Å². The van der Waals surface area contributed by atoms with Gasteiger partial charge in [0, 0.05) is 31.7 Å². The van der Waals surface area contributed by atoms with Crippen molar-refractivity contribution in [3.63, 3.8) is 0 Å². The van der Waals surface area contributed by atoms with Crippen molar-refractivity contribution >= 4 is 10.0 Å². The molecule has 0 fully saturated rings. The highest BCUT2D eigenvalue weighted by atomic mass is 32.2. The fraction of sp³-hybridized carbons (Fsp3) is 0.250. The SMILES string of the molecule is O=S(=O)(c1ccccc1)N1CCn2cc(Cn3cccn3)nc2C1. The molecule has 1 aliphatic rings. The lowest BCUT2D eigenvalue weighted by atomic mass is 10.4. The molecule has 0 spiro atoms. The summed E-state index contributed by atoms with van der Waals surface area (Å²) in [4.78, 5) is 4.90. The first kappa shape index (κ1) is 15.1. The molecule has 0 saturated carbocycles. The predicted molar refractivity (Wildman–Crippen MR) is 87.6 cm³/mol. The molecule has 1 aliphatic heterocycles. The zero-order valence-corrected chi connectivity index (χ0v) is 13.8. The number of hydrogen-bond donors (Lipinski definition) is 0. The van der Waals surface area contributed by atoms with Gasteiger partial charge in [0.2, 0.25) is 10.0 Å². The van der Waals surface area contributed by atoms with E-state index < -0.39 is 10.0 Å². The number of benzene rings is 1. The van der Waals surface area contributed by atoms with E-state index in [2.05, 4.69) is 10.1 Å². The average molecular weight is 343 g/mol. The molecule has 0 atom stereocenters. The Morgan fingerprint density at radius 2 is 1.92 bits per heavy atom. The molecule has 0 bridgehead atoms. The lowest BCUT2D eigenvalue weighted by Crippen LogP contribution is -2.38. The lowest BCUT2D eigenvalue weighted by Gasteiger charge is -2.26. The Hall–Kier alpha value is -2.45. The molecule has 0 N–H and O–H groups in total. The summed E-state index contributed by atoms with van der Waals surface area (Å²) in [6.07, 6.45) is 5.58. The van der Waals surface area contributed by atoms with Gasteiger partial charge in [-0.3, -0.25) is 4.68 Å². The van der Waals surface area contributed by atoms with Crippen LogP contribution in [0.3, 0.4) is 0 Å². The van der Waals surface area contributed by atoms with Crippen LogP contribution in [0.15, 0.2) is 59.9 Å². The highest BCUT2D eigenvalue weighted by Crippen LogP contribution is 2.21. The Balaban J connectivity index is 1.57. The molecule has 0 aliphatic carbocycles. The second-order valence-corrected chi connectivity index (χ2v) is 7.64. The fourth-order valence-corrected chi connectivity index (χ4v) is 4.28. The summed E-state index contributed by atoms with van der Waals surface area (Å²) in [6, 6.07) is 10.4. The van der Waals surface area contributed by atoms with E-state index in [9.17, 15) is 8.42 Å². The largest absolute Gasteiger partial charge is 0.332 e. The van der Waals surface area contributed by atoms with Crippen LogP contribution in [0.2, 0.25) is 0 Å². The van der Waals surface area contributed by atoms with Crippen molar-refractivity contribution in [1.82, 2.24) is 23.6 Å². The molecule has 2 aromatic heterocycles. The third-order valence-electron chi connectivity index (χ3n) is 4.08. The maximum absolute atomic E-state index is 12.7. The van der Waals surface area contributed by atoms with Gasteiger partial charge in [-0.2, -0.15) is 9.40 Å². The van der Waals surface area contributed by atoms with Gasteiger partial charge in [-0.05, 0) is 18.2 Å². The van der Waals surface area contributed by atoms with Gasteiger partial charge in [-0.15, -0.1) is 0 Å². The van der Waals surface area contributed by atoms with Crippen LogP contribution in [0.1, 0.15) is 11.5 Å². The second kappa shape index (κ2) is 5.88. The minimum Gasteiger partial charge on any atom is -0.332 e. The third-order valence-corrected chi connectivity index (χ3v) is 5.94. The minimum absolute atomic E-state index is 0.288. The normalized spacial score (nSPS) is 15.3. The molecule has 8 heteroatoms. The van der Waals surface area contributed by atoms with E-state index in [1.165, 1.54) is 4.31 Å². The Bertz CT molecular complexity index is 932. The van der Waals surface area contributed by atoms with Crippen LogP contribution in [-0.2, 0) is 29.7 Å². The molecule has 7 nitrogen and oxygen atoms in total. The minimum atomic E-state index is -3.48. The van der Waals surface area contributed by atoms with Crippen molar-refractivity contribution in [3.8, 4) is 0 Å². The van der Waals surface area contributed by atoms with Crippen molar-refractivity contribution < 1.29 is 8.42 Å². The average Bonchev–Trinajstić information content (AvgIpc) is 3.24. The van der Waals surface area contributed by atoms with Gasteiger partial charge in [0.1, 0.15) is 5.82 Å². The monoisotopic (exact) mass is 343 g/mol. The summed E-state index contributed by atoms with van der Waals surface area (Å²) in [6.45, 7) is 1.92. The molecule has 0 saturated heterocycles. The molecule has 3 aromatic rings. The predicted octanol–water partition coefficient (Wildman–Crippen LogP) is 1.33. The summed E-state index contributed by atoms with van der Waals surface area (Å²) >= 11 is 0. The van der Waals surface area contributed by atoms with Gasteiger partial charge in [-0.25, -0.2) is 13.4 Å². The highest BCUT2D eigenvalue weighted by Gasteiger charge is 2.29. The van der Waals surface area contributed by atoms with E-state index in [-0.39, 0.29) is 6.54 Å². The van der Waals surface area contributed by atoms with Crippen LogP contribution in [0.25, 0.3) is 0 Å². The van der Waals surface area contributed by atoms with Crippen LogP contribution in [-0.4, -0.2) is 38.6 Å². The van der Waals surface area contributed by atoms with Gasteiger partial charge in [-0.1, -0.05) is 18.2 Å². The van der Waals surface area contributed by atoms with E-state index >= 15 is 0 Å². The molecule has 24 heavy (non-hydrogen) atoms. The van der Waals surface area contributed by atoms with Crippen LogP contribution < -0.4 is 0 Å². The second-order valence-electron chi connectivity index (χ2n) is 5.70. The van der Waals surface area contributed by atoms with E-state index in [0.29, 0.717) is 24.5 Å². The summed E-state index contributed by atoms with van der Waals surface area (Å²) < 4.78 is 30.8. The summed E-state index contributed by atoms with van der Waals surface area (Å²) in [5.74, 6) is 0.767. The molecule has 0 radical (unpaired) electrons. The molecule has 0 unspecified atom stereocenters. The van der Waals surface area contributed by atoms with Crippen molar-refractivity contribution in [2.45, 2.75) is 24.5 Å². The van der Waals surface area contributed by atoms with Gasteiger partial charge in [0.25, 0.3) is 0 Å². The van der Waals surface area contributed by atoms with Crippen LogP contribution in [0.4, 0.5) is 0 Å². The molecular weight excluding hydrogens is 326 g/mol. The van der Waals surface area contributed by atoms with Crippen LogP contribution >= 0.6 is 0 Å². The van der Waals surface area contributed by atoms with Crippen molar-refractivity contribution in [1.29, 1.82) is 0 Å². The highest BCUT2D eigenvalue weighted by molar-refractivity contribution is 7.89. The zero-order valence-electron chi connectivity index (χ0n) is 13.0. The summed E-state index contributed by atoms with van der Waals surface area (Å²) in [7, 11) is -3.48. The van der Waals surface area contributed by atoms with Gasteiger partial charge in [0.05, 0.1) is 23.7 Å². The zero-order chi connectivity index (χ0) is 16.6. The Kier molecular flexibility index (Phi) is 3.70. The number of hydrogen-bond acceptors (Lipinski definition) is 4. The first-order valence-electron chi connectivity index (χ1n) is 7.70. The van der Waals surface area contributed by atoms with Crippen molar-refractivity contribution in [3.05, 3.63) is 66.5 Å². The molecule has 0 amide bonds. The number of nitrogens with zero attached hydrogens (tertiary/aromatic N) is 5. The number of fused-ring (bicyclic) bond motifs is 1. The maximum Gasteiger partial charge on any atom is 0.243 e. The topological polar surface area (TPSA) is 73.0 Å². The van der Waals surface area contributed by atoms with Gasteiger partial charge >= 0.3 is 0 Å². The van der Waals surface area contributed by atoms with Crippen molar-refractivity contribution in [2.75, 3.05) is 6.54 Å². The maximum atomic E-state index is 12.7. The quantitative estimate of drug-likeness (QED) is 0.716. The Labute approximate surface area is 140 Å². The standard InChI is InChI=1S/C16H17N5O2S/c22-24(23,15-5-2-1-3-6-15)21-10-9-19-11-14(18-16(19)13-21)12-20-8-4-7-17-20/h1-8,11H,9-10,12-13H2. The molecule has 124 valence electrons. The number of sulfonamides is 1. The molecule has 1 aromatic carbocycles. The summed E-state index contributed by atoms with van der Waals surface area (Å²) in [5.41, 5.74) is 0.882. The molecular formula is C16H17N5O2S. The molecule has 3 heterocycles. The number of rotatable bonds is 4. The number of aromatic nitrogens is 4. The lowest BCUT2D eigenvalue weighted by molar-refractivity contribution is 0.335. The number of imidazole rings is 1. The Morgan fingerprint density at radius 1 is 1.08 bits per heavy atom. The van der Waals surface area contributed by atoms with E-state index in [0.717, 1.165) is 11.5 Å². The summed E-state index contributed by atoms with van der Waals surface area (Å²) in [5, 5.41) is 4.17. The first-order chi connectivity index (χ1) is 11.6. The van der Waals surface area contributed by atoms with Gasteiger partial charge < -0.3 is 4.57 Å². The smallest absolute Gasteiger partial charge is 0.243 e. The van der Waals surface area contributed by atoms with Crippen molar-refractivity contribution in [2.24, 2.45) is 0 Å². The van der Waals surface area contributed by atoms with Crippen LogP contribution in [0, 0.1) is 0 Å². The Morgan fingerprint density at radius 3 is 2.67 bits per heavy atom. The van der Waals surface area contributed by atoms with Crippen LogP contribution in [0.5, 0.6) is 0 Å². The fourth-order valence-electron chi connectivity index (χ4n) is 2.87. The van der Waals surface area contributed by atoms with E-state index in [4.69, 9.17) is 0 Å².